The molecule has 8 nitrogen and oxygen atoms in total. The van der Waals surface area contributed by atoms with Crippen LogP contribution in [0.5, 0.6) is 34.5 Å². The second-order valence-electron chi connectivity index (χ2n) is 11.8. The van der Waals surface area contributed by atoms with Crippen molar-refractivity contribution in [3.05, 3.63) is 179 Å². The molecular formula is C45H46O8. The lowest BCUT2D eigenvalue weighted by molar-refractivity contribution is -0.0811. The van der Waals surface area contributed by atoms with E-state index in [-0.39, 0.29) is 0 Å². The second-order valence-corrected chi connectivity index (χ2v) is 11.8. The van der Waals surface area contributed by atoms with Crippen LogP contribution in [0.1, 0.15) is 33.4 Å². The van der Waals surface area contributed by atoms with E-state index >= 15 is 0 Å². The highest BCUT2D eigenvalue weighted by atomic mass is 16.5. The Bertz CT molecular complexity index is 1610. The SMILES string of the molecule is CO.COc1ccc(C(OC(c2ccc(OC)cc2)(c2ccc(OC)cc2)c2ccc(OC)cc2)(c2ccc(OC)cc2)c2ccc(OC)cc2)cc1. The number of aliphatic hydroxyl groups is 1. The molecule has 0 spiro atoms. The van der Waals surface area contributed by atoms with Gasteiger partial charge in [-0.2, -0.15) is 0 Å². The van der Waals surface area contributed by atoms with Crippen LogP contribution in [0.25, 0.3) is 0 Å². The summed E-state index contributed by atoms with van der Waals surface area (Å²) < 4.78 is 41.9. The van der Waals surface area contributed by atoms with Gasteiger partial charge in [0.25, 0.3) is 0 Å². The summed E-state index contributed by atoms with van der Waals surface area (Å²) >= 11 is 0. The lowest BCUT2D eigenvalue weighted by atomic mass is 9.75. The van der Waals surface area contributed by atoms with E-state index in [9.17, 15) is 0 Å². The van der Waals surface area contributed by atoms with Crippen molar-refractivity contribution >= 4 is 0 Å². The minimum Gasteiger partial charge on any atom is -0.497 e. The van der Waals surface area contributed by atoms with Gasteiger partial charge in [-0.05, 0) is 106 Å². The van der Waals surface area contributed by atoms with Crippen LogP contribution in [0, 0.1) is 0 Å². The number of ether oxygens (including phenoxy) is 7. The van der Waals surface area contributed by atoms with E-state index < -0.39 is 11.2 Å². The molecule has 6 aromatic rings. The van der Waals surface area contributed by atoms with E-state index in [0.29, 0.717) is 0 Å². The minimum atomic E-state index is -1.23. The van der Waals surface area contributed by atoms with Gasteiger partial charge in [0.05, 0.1) is 42.7 Å². The lowest BCUT2D eigenvalue weighted by Gasteiger charge is -2.46. The fourth-order valence-corrected chi connectivity index (χ4v) is 6.54. The molecule has 0 saturated carbocycles. The van der Waals surface area contributed by atoms with Gasteiger partial charge in [-0.15, -0.1) is 0 Å². The molecule has 0 unspecified atom stereocenters. The van der Waals surface area contributed by atoms with E-state index in [1.54, 1.807) is 42.7 Å². The minimum absolute atomic E-state index is 0.726. The van der Waals surface area contributed by atoms with Crippen LogP contribution in [0.2, 0.25) is 0 Å². The molecule has 8 heteroatoms. The van der Waals surface area contributed by atoms with Crippen molar-refractivity contribution in [2.75, 3.05) is 49.8 Å². The Kier molecular flexibility index (Phi) is 12.6. The largest absolute Gasteiger partial charge is 0.497 e. The highest BCUT2D eigenvalue weighted by molar-refractivity contribution is 5.56. The van der Waals surface area contributed by atoms with Crippen LogP contribution in [0.3, 0.4) is 0 Å². The van der Waals surface area contributed by atoms with Crippen LogP contribution >= 0.6 is 0 Å². The molecule has 0 aliphatic heterocycles. The van der Waals surface area contributed by atoms with Gasteiger partial charge in [-0.25, -0.2) is 0 Å². The molecule has 0 bridgehead atoms. The monoisotopic (exact) mass is 714 g/mol. The highest BCUT2D eigenvalue weighted by Gasteiger charge is 2.49. The van der Waals surface area contributed by atoms with Crippen molar-refractivity contribution in [3.8, 4) is 34.5 Å². The van der Waals surface area contributed by atoms with Crippen molar-refractivity contribution in [1.29, 1.82) is 0 Å². The first-order valence-corrected chi connectivity index (χ1v) is 17.0. The first-order valence-electron chi connectivity index (χ1n) is 17.0. The molecule has 0 fully saturated rings. The molecule has 1 N–H and O–H groups in total. The number of methoxy groups -OCH3 is 6. The molecule has 0 amide bonds. The van der Waals surface area contributed by atoms with Gasteiger partial charge in [0.2, 0.25) is 0 Å². The van der Waals surface area contributed by atoms with Gasteiger partial charge < -0.3 is 38.3 Å². The molecule has 0 saturated heterocycles. The number of rotatable bonds is 14. The van der Waals surface area contributed by atoms with Crippen LogP contribution < -0.4 is 28.4 Å². The maximum Gasteiger partial charge on any atom is 0.145 e. The third kappa shape index (κ3) is 7.65. The summed E-state index contributed by atoms with van der Waals surface area (Å²) in [7, 11) is 11.0. The maximum absolute atomic E-state index is 8.14. The average Bonchev–Trinajstić information content (AvgIpc) is 3.25. The summed E-state index contributed by atoms with van der Waals surface area (Å²) in [4.78, 5) is 0. The normalized spacial score (nSPS) is 11.1. The quantitative estimate of drug-likeness (QED) is 0.112. The van der Waals surface area contributed by atoms with Crippen LogP contribution in [0.15, 0.2) is 146 Å². The van der Waals surface area contributed by atoms with Crippen molar-refractivity contribution in [1.82, 2.24) is 0 Å². The van der Waals surface area contributed by atoms with Crippen LogP contribution in [-0.4, -0.2) is 54.9 Å². The topological polar surface area (TPSA) is 84.8 Å². The zero-order chi connectivity index (χ0) is 37.8. The Morgan fingerprint density at radius 1 is 0.264 bits per heavy atom. The van der Waals surface area contributed by atoms with E-state index in [2.05, 4.69) is 0 Å². The number of aliphatic hydroxyl groups excluding tert-OH is 1. The molecule has 53 heavy (non-hydrogen) atoms. The van der Waals surface area contributed by atoms with Gasteiger partial charge in [-0.3, -0.25) is 0 Å². The van der Waals surface area contributed by atoms with Crippen LogP contribution in [-0.2, 0) is 15.9 Å². The zero-order valence-corrected chi connectivity index (χ0v) is 31.2. The van der Waals surface area contributed by atoms with Crippen LogP contribution in [0.4, 0.5) is 0 Å². The summed E-state index contributed by atoms with van der Waals surface area (Å²) in [5.41, 5.74) is 2.78. The molecule has 6 aromatic carbocycles. The molecule has 6 rings (SSSR count). The van der Waals surface area contributed by atoms with Crippen molar-refractivity contribution < 1.29 is 38.3 Å². The van der Waals surface area contributed by atoms with Crippen molar-refractivity contribution in [3.63, 3.8) is 0 Å². The van der Waals surface area contributed by atoms with E-state index in [1.165, 1.54) is 0 Å². The van der Waals surface area contributed by atoms with Gasteiger partial charge in [-0.1, -0.05) is 72.8 Å². The second kappa shape index (κ2) is 17.5. The molecule has 0 radical (unpaired) electrons. The first kappa shape index (κ1) is 38.3. The molecule has 0 aliphatic rings. The Morgan fingerprint density at radius 2 is 0.396 bits per heavy atom. The van der Waals surface area contributed by atoms with Gasteiger partial charge >= 0.3 is 0 Å². The maximum atomic E-state index is 8.14. The molecule has 0 atom stereocenters. The Morgan fingerprint density at radius 3 is 0.509 bits per heavy atom. The zero-order valence-electron chi connectivity index (χ0n) is 31.2. The number of hydrogen-bond acceptors (Lipinski definition) is 8. The first-order chi connectivity index (χ1) is 25.9. The van der Waals surface area contributed by atoms with Gasteiger partial charge in [0.1, 0.15) is 45.7 Å². The van der Waals surface area contributed by atoms with E-state index in [0.717, 1.165) is 75.0 Å². The molecule has 274 valence electrons. The van der Waals surface area contributed by atoms with E-state index in [1.807, 2.05) is 146 Å². The molecular weight excluding hydrogens is 668 g/mol. The summed E-state index contributed by atoms with van der Waals surface area (Å²) in [6.07, 6.45) is 0. The lowest BCUT2D eigenvalue weighted by Crippen LogP contribution is -2.44. The fraction of sp³-hybridized carbons (Fsp3) is 0.200. The average molecular weight is 715 g/mol. The van der Waals surface area contributed by atoms with E-state index in [4.69, 9.17) is 38.3 Å². The summed E-state index contributed by atoms with van der Waals surface area (Å²) in [5.74, 6) is 4.35. The summed E-state index contributed by atoms with van der Waals surface area (Å²) in [5, 5.41) is 7.00. The Hall–Kier alpha value is -5.96. The van der Waals surface area contributed by atoms with Gasteiger partial charge in [0.15, 0.2) is 0 Å². The highest BCUT2D eigenvalue weighted by Crippen LogP contribution is 2.52. The smallest absolute Gasteiger partial charge is 0.145 e. The molecule has 0 aliphatic carbocycles. The summed E-state index contributed by atoms with van der Waals surface area (Å²) in [6, 6.07) is 48.1. The predicted octanol–water partition coefficient (Wildman–Crippen LogP) is 8.65. The van der Waals surface area contributed by atoms with Crippen molar-refractivity contribution in [2.24, 2.45) is 0 Å². The number of benzene rings is 6. The van der Waals surface area contributed by atoms with Crippen molar-refractivity contribution in [2.45, 2.75) is 11.2 Å². The third-order valence-corrected chi connectivity index (χ3v) is 9.29. The molecule has 0 heterocycles. The Balaban J connectivity index is 0.00000266. The molecule has 0 aromatic heterocycles. The number of hydrogen-bond donors (Lipinski definition) is 1. The van der Waals surface area contributed by atoms with Gasteiger partial charge in [0, 0.05) is 7.11 Å². The summed E-state index contributed by atoms with van der Waals surface area (Å²) in [6.45, 7) is 0. The Labute approximate surface area is 312 Å². The predicted molar refractivity (Wildman–Crippen MR) is 207 cm³/mol. The third-order valence-electron chi connectivity index (χ3n) is 9.29. The standard InChI is InChI=1S/C44H42O7.CH4O/c1-45-37-19-7-31(8-20-37)43(32-9-21-38(46-2)22-10-32,33-11-23-39(47-3)24-12-33)51-44(34-13-25-40(48-4)26-14-34,35-15-27-41(49-5)28-16-35)36-17-29-42(50-6)30-18-36;1-2/h7-30H,1-6H3;2H,1H3. The fourth-order valence-electron chi connectivity index (χ4n) is 6.54.